The first kappa shape index (κ1) is 19.4. The molecule has 0 spiro atoms. The lowest BCUT2D eigenvalue weighted by molar-refractivity contribution is -0.384. The van der Waals surface area contributed by atoms with Crippen LogP contribution in [0, 0.1) is 21.4 Å². The van der Waals surface area contributed by atoms with Gasteiger partial charge in [-0.2, -0.15) is 10.4 Å². The molecular weight excluding hydrogens is 350 g/mol. The van der Waals surface area contributed by atoms with Gasteiger partial charge in [-0.15, -0.1) is 0 Å². The minimum absolute atomic E-state index is 0.0561. The number of nitrogens with one attached hydrogen (secondary N) is 1. The number of carbonyl (C=O) groups excluding carboxylic acids is 1. The first-order valence-corrected chi connectivity index (χ1v) is 7.81. The van der Waals surface area contributed by atoms with Crippen molar-refractivity contribution in [3.8, 4) is 11.8 Å². The standard InChI is InChI=1S/C18H17N5O4/c1-22(2)16-8-5-14(9-17(16)23(25)26)11-20-21-18(24)12-27-15-6-3-13(10-19)4-7-15/h3-9,11H,12H2,1-2H3,(H,21,24)/b20-11-. The summed E-state index contributed by atoms with van der Waals surface area (Å²) in [6.45, 7) is -0.261. The topological polar surface area (TPSA) is 121 Å². The number of rotatable bonds is 7. The second-order valence-corrected chi connectivity index (χ2v) is 5.62. The number of hydrazone groups is 1. The Bertz CT molecular complexity index is 901. The van der Waals surface area contributed by atoms with Crippen molar-refractivity contribution in [3.05, 3.63) is 63.7 Å². The molecule has 0 bridgehead atoms. The number of amides is 1. The Morgan fingerprint density at radius 1 is 1.33 bits per heavy atom. The summed E-state index contributed by atoms with van der Waals surface area (Å²) in [6, 6.07) is 12.9. The van der Waals surface area contributed by atoms with Crippen LogP contribution in [-0.4, -0.2) is 37.7 Å². The number of nitriles is 1. The summed E-state index contributed by atoms with van der Waals surface area (Å²) in [5, 5.41) is 23.6. The maximum absolute atomic E-state index is 11.7. The molecule has 0 radical (unpaired) electrons. The predicted molar refractivity (Wildman–Crippen MR) is 99.8 cm³/mol. The molecule has 1 amide bonds. The highest BCUT2D eigenvalue weighted by molar-refractivity contribution is 5.85. The number of hydrogen-bond acceptors (Lipinski definition) is 7. The highest BCUT2D eigenvalue weighted by Crippen LogP contribution is 2.27. The van der Waals surface area contributed by atoms with Gasteiger partial charge >= 0.3 is 0 Å². The van der Waals surface area contributed by atoms with Gasteiger partial charge in [-0.05, 0) is 30.3 Å². The van der Waals surface area contributed by atoms with Gasteiger partial charge in [0.15, 0.2) is 6.61 Å². The summed E-state index contributed by atoms with van der Waals surface area (Å²) in [4.78, 5) is 24.0. The predicted octanol–water partition coefficient (Wildman–Crippen LogP) is 2.06. The third-order valence-electron chi connectivity index (χ3n) is 3.43. The second kappa shape index (κ2) is 8.96. The summed E-state index contributed by atoms with van der Waals surface area (Å²) >= 11 is 0. The lowest BCUT2D eigenvalue weighted by Crippen LogP contribution is -2.24. The maximum atomic E-state index is 11.7. The van der Waals surface area contributed by atoms with Gasteiger partial charge < -0.3 is 9.64 Å². The molecule has 2 aromatic rings. The SMILES string of the molecule is CN(C)c1ccc(/C=N\NC(=O)COc2ccc(C#N)cc2)cc1[N+](=O)[O-]. The summed E-state index contributed by atoms with van der Waals surface area (Å²) < 4.78 is 5.27. The molecule has 2 rings (SSSR count). The van der Waals surface area contributed by atoms with Crippen molar-refractivity contribution in [2.45, 2.75) is 0 Å². The molecule has 2 aromatic carbocycles. The van der Waals surface area contributed by atoms with Crippen LogP contribution in [-0.2, 0) is 4.79 Å². The van der Waals surface area contributed by atoms with Gasteiger partial charge in [0.05, 0.1) is 22.8 Å². The highest BCUT2D eigenvalue weighted by Gasteiger charge is 2.15. The molecule has 0 heterocycles. The third-order valence-corrected chi connectivity index (χ3v) is 3.43. The zero-order valence-electron chi connectivity index (χ0n) is 14.7. The minimum atomic E-state index is -0.491. The number of benzene rings is 2. The number of carbonyl (C=O) groups is 1. The monoisotopic (exact) mass is 367 g/mol. The summed E-state index contributed by atoms with van der Waals surface area (Å²) in [6.07, 6.45) is 1.31. The number of hydrogen-bond donors (Lipinski definition) is 1. The molecule has 0 aromatic heterocycles. The van der Waals surface area contributed by atoms with Crippen molar-refractivity contribution >= 4 is 23.5 Å². The normalized spacial score (nSPS) is 10.3. The van der Waals surface area contributed by atoms with Gasteiger partial charge in [0.25, 0.3) is 11.6 Å². The Labute approximate surface area is 155 Å². The van der Waals surface area contributed by atoms with E-state index in [2.05, 4.69) is 10.5 Å². The number of anilines is 1. The molecule has 1 N–H and O–H groups in total. The molecule has 0 aliphatic rings. The summed E-state index contributed by atoms with van der Waals surface area (Å²) in [5.74, 6) is -0.0435. The van der Waals surface area contributed by atoms with Gasteiger partial charge in [-0.3, -0.25) is 14.9 Å². The first-order valence-electron chi connectivity index (χ1n) is 7.81. The lowest BCUT2D eigenvalue weighted by Gasteiger charge is -2.12. The molecule has 9 nitrogen and oxygen atoms in total. The van der Waals surface area contributed by atoms with Gasteiger partial charge in [0, 0.05) is 25.7 Å². The van der Waals surface area contributed by atoms with Crippen molar-refractivity contribution < 1.29 is 14.5 Å². The quantitative estimate of drug-likeness (QED) is 0.454. The van der Waals surface area contributed by atoms with E-state index in [9.17, 15) is 14.9 Å². The number of nitro benzene ring substituents is 1. The molecule has 9 heteroatoms. The minimum Gasteiger partial charge on any atom is -0.484 e. The van der Waals surface area contributed by atoms with Crippen LogP contribution in [0.3, 0.4) is 0 Å². The van der Waals surface area contributed by atoms with E-state index in [0.29, 0.717) is 22.6 Å². The van der Waals surface area contributed by atoms with E-state index < -0.39 is 10.8 Å². The molecule has 0 fully saturated rings. The van der Waals surface area contributed by atoms with Crippen molar-refractivity contribution in [1.29, 1.82) is 5.26 Å². The Hall–Kier alpha value is -3.93. The molecule has 27 heavy (non-hydrogen) atoms. The molecule has 0 atom stereocenters. The average molecular weight is 367 g/mol. The molecule has 0 aliphatic heterocycles. The van der Waals surface area contributed by atoms with Crippen molar-refractivity contribution in [2.24, 2.45) is 5.10 Å². The van der Waals surface area contributed by atoms with Crippen LogP contribution in [0.2, 0.25) is 0 Å². The fourth-order valence-corrected chi connectivity index (χ4v) is 2.13. The van der Waals surface area contributed by atoms with E-state index in [0.717, 1.165) is 0 Å². The van der Waals surface area contributed by atoms with E-state index in [1.54, 1.807) is 55.4 Å². The Morgan fingerprint density at radius 2 is 2.04 bits per heavy atom. The number of ether oxygens (including phenoxy) is 1. The van der Waals surface area contributed by atoms with E-state index >= 15 is 0 Å². The fourth-order valence-electron chi connectivity index (χ4n) is 2.13. The molecule has 0 unspecified atom stereocenters. The van der Waals surface area contributed by atoms with Crippen LogP contribution in [0.25, 0.3) is 0 Å². The fraction of sp³-hybridized carbons (Fsp3) is 0.167. The molecule has 0 saturated carbocycles. The van der Waals surface area contributed by atoms with Crippen molar-refractivity contribution in [1.82, 2.24) is 5.43 Å². The van der Waals surface area contributed by atoms with Crippen LogP contribution < -0.4 is 15.1 Å². The number of nitrogens with zero attached hydrogens (tertiary/aromatic N) is 4. The lowest BCUT2D eigenvalue weighted by atomic mass is 10.2. The zero-order chi connectivity index (χ0) is 19.8. The summed E-state index contributed by atoms with van der Waals surface area (Å²) in [5.41, 5.74) is 3.66. The molecular formula is C18H17N5O4. The van der Waals surface area contributed by atoms with Gasteiger partial charge in [-0.1, -0.05) is 6.07 Å². The Morgan fingerprint density at radius 3 is 2.63 bits per heavy atom. The van der Waals surface area contributed by atoms with Crippen molar-refractivity contribution in [3.63, 3.8) is 0 Å². The second-order valence-electron chi connectivity index (χ2n) is 5.62. The Balaban J connectivity index is 1.92. The zero-order valence-corrected chi connectivity index (χ0v) is 14.7. The van der Waals surface area contributed by atoms with Crippen LogP contribution in [0.4, 0.5) is 11.4 Å². The largest absolute Gasteiger partial charge is 0.484 e. The average Bonchev–Trinajstić information content (AvgIpc) is 2.66. The van der Waals surface area contributed by atoms with Crippen LogP contribution in [0.5, 0.6) is 5.75 Å². The third kappa shape index (κ3) is 5.54. The van der Waals surface area contributed by atoms with Crippen LogP contribution in [0.1, 0.15) is 11.1 Å². The van der Waals surface area contributed by atoms with Gasteiger partial charge in [-0.25, -0.2) is 5.43 Å². The van der Waals surface area contributed by atoms with E-state index in [1.165, 1.54) is 12.3 Å². The first-order chi connectivity index (χ1) is 12.9. The van der Waals surface area contributed by atoms with Gasteiger partial charge in [0.1, 0.15) is 11.4 Å². The van der Waals surface area contributed by atoms with Crippen LogP contribution in [0.15, 0.2) is 47.6 Å². The van der Waals surface area contributed by atoms with Crippen LogP contribution >= 0.6 is 0 Å². The highest BCUT2D eigenvalue weighted by atomic mass is 16.6. The van der Waals surface area contributed by atoms with E-state index in [1.807, 2.05) is 6.07 Å². The molecule has 138 valence electrons. The van der Waals surface area contributed by atoms with Gasteiger partial charge in [0.2, 0.25) is 0 Å². The maximum Gasteiger partial charge on any atom is 0.293 e. The summed E-state index contributed by atoms with van der Waals surface area (Å²) in [7, 11) is 3.42. The van der Waals surface area contributed by atoms with E-state index in [-0.39, 0.29) is 12.3 Å². The number of nitro groups is 1. The molecule has 0 saturated heterocycles. The Kier molecular flexibility index (Phi) is 6.44. The van der Waals surface area contributed by atoms with Crippen molar-refractivity contribution in [2.75, 3.05) is 25.6 Å². The van der Waals surface area contributed by atoms with E-state index in [4.69, 9.17) is 10.00 Å². The smallest absolute Gasteiger partial charge is 0.293 e. The molecule has 0 aliphatic carbocycles.